The van der Waals surface area contributed by atoms with E-state index in [-0.39, 0.29) is 0 Å². The molecule has 2 rings (SSSR count). The van der Waals surface area contributed by atoms with Crippen LogP contribution in [0.4, 0.5) is 11.5 Å². The number of nitrogens with one attached hydrogen (secondary N) is 1. The van der Waals surface area contributed by atoms with Gasteiger partial charge in [-0.1, -0.05) is 6.92 Å². The van der Waals surface area contributed by atoms with Crippen LogP contribution in [0.3, 0.4) is 0 Å². The molecule has 0 saturated heterocycles. The lowest BCUT2D eigenvalue weighted by Crippen LogP contribution is -2.03. The van der Waals surface area contributed by atoms with Crippen LogP contribution >= 0.6 is 0 Å². The molecule has 2 aromatic rings. The molecule has 0 atom stereocenters. The lowest BCUT2D eigenvalue weighted by atomic mass is 10.3. The summed E-state index contributed by atoms with van der Waals surface area (Å²) >= 11 is 0. The average molecular weight is 232 g/mol. The molecule has 0 aromatic carbocycles. The van der Waals surface area contributed by atoms with Gasteiger partial charge in [-0.3, -0.25) is 0 Å². The molecule has 5 nitrogen and oxygen atoms in total. The van der Waals surface area contributed by atoms with E-state index in [1.807, 2.05) is 26.0 Å². The van der Waals surface area contributed by atoms with Gasteiger partial charge in [-0.25, -0.2) is 9.97 Å². The summed E-state index contributed by atoms with van der Waals surface area (Å²) in [6, 6.07) is 3.67. The maximum absolute atomic E-state index is 5.70. The first kappa shape index (κ1) is 11.4. The first-order valence-electron chi connectivity index (χ1n) is 5.59. The van der Waals surface area contributed by atoms with Crippen LogP contribution in [0.5, 0.6) is 0 Å². The predicted molar refractivity (Wildman–Crippen MR) is 66.6 cm³/mol. The number of rotatable bonds is 4. The van der Waals surface area contributed by atoms with Crippen LogP contribution in [0.25, 0.3) is 0 Å². The molecule has 90 valence electrons. The second kappa shape index (κ2) is 4.86. The van der Waals surface area contributed by atoms with Crippen molar-refractivity contribution >= 4 is 11.5 Å². The monoisotopic (exact) mass is 232 g/mol. The molecular weight excluding hydrogens is 216 g/mol. The summed E-state index contributed by atoms with van der Waals surface area (Å²) < 4.78 is 5.48. The minimum atomic E-state index is 0.524. The quantitative estimate of drug-likeness (QED) is 0.844. The van der Waals surface area contributed by atoms with Gasteiger partial charge in [0.25, 0.3) is 0 Å². The fourth-order valence-electron chi connectivity index (χ4n) is 1.43. The van der Waals surface area contributed by atoms with Crippen LogP contribution in [0.1, 0.15) is 24.3 Å². The molecule has 0 unspecified atom stereocenters. The number of aryl methyl sites for hydroxylation is 2. The lowest BCUT2D eigenvalue weighted by molar-refractivity contribution is 0.465. The fraction of sp³-hybridized carbons (Fsp3) is 0.333. The number of oxazole rings is 1. The predicted octanol–water partition coefficient (Wildman–Crippen LogP) is 2.13. The standard InChI is InChI=1S/C12H16N4O/c1-3-9-6-15-12(17-9)7-14-11-5-4-10(13)8(2)16-11/h4-6H,3,7,13H2,1-2H3,(H,14,16). The Kier molecular flexibility index (Phi) is 3.27. The Morgan fingerprint density at radius 3 is 2.88 bits per heavy atom. The third-order valence-electron chi connectivity index (χ3n) is 2.50. The number of anilines is 2. The molecular formula is C12H16N4O. The summed E-state index contributed by atoms with van der Waals surface area (Å²) in [6.07, 6.45) is 2.60. The highest BCUT2D eigenvalue weighted by atomic mass is 16.4. The van der Waals surface area contributed by atoms with Gasteiger partial charge in [-0.2, -0.15) is 0 Å². The smallest absolute Gasteiger partial charge is 0.213 e. The van der Waals surface area contributed by atoms with Crippen LogP contribution in [0.15, 0.2) is 22.7 Å². The number of aromatic nitrogens is 2. The zero-order valence-corrected chi connectivity index (χ0v) is 10.0. The molecule has 17 heavy (non-hydrogen) atoms. The van der Waals surface area contributed by atoms with E-state index in [0.717, 1.165) is 23.7 Å². The SMILES string of the molecule is CCc1cnc(CNc2ccc(N)c(C)n2)o1. The van der Waals surface area contributed by atoms with E-state index in [1.165, 1.54) is 0 Å². The van der Waals surface area contributed by atoms with Crippen molar-refractivity contribution in [1.29, 1.82) is 0 Å². The van der Waals surface area contributed by atoms with Gasteiger partial charge in [0.1, 0.15) is 11.6 Å². The van der Waals surface area contributed by atoms with E-state index in [9.17, 15) is 0 Å². The summed E-state index contributed by atoms with van der Waals surface area (Å²) in [5.74, 6) is 2.33. The maximum atomic E-state index is 5.70. The topological polar surface area (TPSA) is 77.0 Å². The van der Waals surface area contributed by atoms with E-state index in [2.05, 4.69) is 15.3 Å². The molecule has 0 radical (unpaired) electrons. The summed E-state index contributed by atoms with van der Waals surface area (Å²) in [6.45, 7) is 4.43. The molecule has 0 spiro atoms. The zero-order chi connectivity index (χ0) is 12.3. The molecule has 2 heterocycles. The van der Waals surface area contributed by atoms with Gasteiger partial charge in [-0.15, -0.1) is 0 Å². The molecule has 0 bridgehead atoms. The summed E-state index contributed by atoms with van der Waals surface area (Å²) in [7, 11) is 0. The molecule has 3 N–H and O–H groups in total. The van der Waals surface area contributed by atoms with Crippen molar-refractivity contribution in [2.75, 3.05) is 11.1 Å². The first-order valence-corrected chi connectivity index (χ1v) is 5.59. The highest BCUT2D eigenvalue weighted by molar-refractivity contribution is 5.48. The van der Waals surface area contributed by atoms with Crippen LogP contribution in [-0.2, 0) is 13.0 Å². The van der Waals surface area contributed by atoms with E-state index in [4.69, 9.17) is 10.2 Å². The molecule has 0 aliphatic rings. The van der Waals surface area contributed by atoms with E-state index >= 15 is 0 Å². The third kappa shape index (κ3) is 2.75. The highest BCUT2D eigenvalue weighted by Crippen LogP contribution is 2.13. The van der Waals surface area contributed by atoms with Gasteiger partial charge < -0.3 is 15.5 Å². The Bertz CT molecular complexity index is 507. The Morgan fingerprint density at radius 1 is 1.41 bits per heavy atom. The maximum Gasteiger partial charge on any atom is 0.213 e. The number of nitrogens with two attached hydrogens (primary N) is 1. The van der Waals surface area contributed by atoms with Crippen molar-refractivity contribution in [3.8, 4) is 0 Å². The zero-order valence-electron chi connectivity index (χ0n) is 10.0. The van der Waals surface area contributed by atoms with Gasteiger partial charge in [-0.05, 0) is 19.1 Å². The van der Waals surface area contributed by atoms with Crippen LogP contribution in [0, 0.1) is 6.92 Å². The minimum absolute atomic E-state index is 0.524. The van der Waals surface area contributed by atoms with E-state index < -0.39 is 0 Å². The molecule has 0 saturated carbocycles. The van der Waals surface area contributed by atoms with Crippen LogP contribution < -0.4 is 11.1 Å². The van der Waals surface area contributed by atoms with Crippen molar-refractivity contribution in [3.05, 3.63) is 35.7 Å². The largest absolute Gasteiger partial charge is 0.444 e. The molecule has 5 heteroatoms. The van der Waals surface area contributed by atoms with Crippen molar-refractivity contribution in [3.63, 3.8) is 0 Å². The van der Waals surface area contributed by atoms with Crippen LogP contribution in [-0.4, -0.2) is 9.97 Å². The molecule has 0 aliphatic carbocycles. The van der Waals surface area contributed by atoms with E-state index in [1.54, 1.807) is 6.20 Å². The van der Waals surface area contributed by atoms with Crippen molar-refractivity contribution in [2.24, 2.45) is 0 Å². The second-order valence-corrected chi connectivity index (χ2v) is 3.80. The number of nitrogens with zero attached hydrogens (tertiary/aromatic N) is 2. The van der Waals surface area contributed by atoms with Gasteiger partial charge in [0.05, 0.1) is 24.1 Å². The fourth-order valence-corrected chi connectivity index (χ4v) is 1.43. The number of hydrogen-bond acceptors (Lipinski definition) is 5. The molecule has 0 fully saturated rings. The normalized spacial score (nSPS) is 10.5. The molecule has 0 amide bonds. The number of nitrogen functional groups attached to an aromatic ring is 1. The van der Waals surface area contributed by atoms with Gasteiger partial charge in [0.15, 0.2) is 0 Å². The second-order valence-electron chi connectivity index (χ2n) is 3.80. The van der Waals surface area contributed by atoms with Gasteiger partial charge in [0.2, 0.25) is 5.89 Å². The van der Waals surface area contributed by atoms with Crippen molar-refractivity contribution in [1.82, 2.24) is 9.97 Å². The van der Waals surface area contributed by atoms with Crippen LogP contribution in [0.2, 0.25) is 0 Å². The van der Waals surface area contributed by atoms with Crippen molar-refractivity contribution in [2.45, 2.75) is 26.8 Å². The molecule has 0 aliphatic heterocycles. The highest BCUT2D eigenvalue weighted by Gasteiger charge is 2.03. The summed E-state index contributed by atoms with van der Waals surface area (Å²) in [5.41, 5.74) is 7.21. The van der Waals surface area contributed by atoms with E-state index in [0.29, 0.717) is 18.1 Å². The summed E-state index contributed by atoms with van der Waals surface area (Å²) in [4.78, 5) is 8.47. The number of hydrogen-bond donors (Lipinski definition) is 2. The molecule has 2 aromatic heterocycles. The van der Waals surface area contributed by atoms with Crippen molar-refractivity contribution < 1.29 is 4.42 Å². The minimum Gasteiger partial charge on any atom is -0.444 e. The third-order valence-corrected chi connectivity index (χ3v) is 2.50. The van der Waals surface area contributed by atoms with Gasteiger partial charge in [0, 0.05) is 6.42 Å². The lowest BCUT2D eigenvalue weighted by Gasteiger charge is -2.05. The van der Waals surface area contributed by atoms with Gasteiger partial charge >= 0.3 is 0 Å². The Balaban J connectivity index is 1.99. The Morgan fingerprint density at radius 2 is 2.24 bits per heavy atom. The Labute approximate surface area is 100 Å². The average Bonchev–Trinajstić information content (AvgIpc) is 2.79. The first-order chi connectivity index (χ1) is 8.19. The number of pyridine rings is 1. The Hall–Kier alpha value is -2.04. The summed E-state index contributed by atoms with van der Waals surface area (Å²) in [5, 5.41) is 3.14.